The van der Waals surface area contributed by atoms with E-state index >= 15 is 0 Å². The second-order valence-corrected chi connectivity index (χ2v) is 7.95. The van der Waals surface area contributed by atoms with Crippen molar-refractivity contribution in [3.63, 3.8) is 0 Å². The molecular weight excluding hydrogens is 449 g/mol. The van der Waals surface area contributed by atoms with Gasteiger partial charge in [0.25, 0.3) is 5.91 Å². The number of aryl methyl sites for hydroxylation is 2. The molecule has 3 rings (SSSR count). The highest BCUT2D eigenvalue weighted by Gasteiger charge is 2.37. The second kappa shape index (κ2) is 9.20. The highest BCUT2D eigenvalue weighted by atomic mass is 35.5. The largest absolute Gasteiger partial charge is 0.455 e. The average Bonchev–Trinajstić information content (AvgIpc) is 3.08. The fourth-order valence-electron chi connectivity index (χ4n) is 3.44. The maximum absolute atomic E-state index is 12.8. The number of benzene rings is 2. The van der Waals surface area contributed by atoms with Crippen molar-refractivity contribution in [3.05, 3.63) is 58.1 Å². The molecule has 1 N–H and O–H groups in total. The monoisotopic (exact) mass is 468 g/mol. The molecule has 1 aliphatic rings. The molecule has 0 aliphatic carbocycles. The van der Waals surface area contributed by atoms with E-state index in [0.717, 1.165) is 23.3 Å². The van der Waals surface area contributed by atoms with Gasteiger partial charge < -0.3 is 15.0 Å². The van der Waals surface area contributed by atoms with Gasteiger partial charge in [-0.05, 0) is 43.7 Å². The van der Waals surface area contributed by atoms with Crippen LogP contribution in [0, 0.1) is 19.8 Å². The Labute approximate surface area is 187 Å². The quantitative estimate of drug-likeness (QED) is 0.655. The van der Waals surface area contributed by atoms with E-state index in [2.05, 4.69) is 5.32 Å². The number of halogens is 4. The van der Waals surface area contributed by atoms with Crippen LogP contribution in [0.4, 0.5) is 24.5 Å². The van der Waals surface area contributed by atoms with E-state index in [9.17, 15) is 27.6 Å². The van der Waals surface area contributed by atoms with Crippen molar-refractivity contribution < 1.29 is 32.3 Å². The molecule has 1 saturated heterocycles. The zero-order valence-electron chi connectivity index (χ0n) is 17.3. The number of hydrogen-bond acceptors (Lipinski definition) is 4. The molecule has 0 saturated carbocycles. The summed E-state index contributed by atoms with van der Waals surface area (Å²) in [6.07, 6.45) is -4.67. The third-order valence-electron chi connectivity index (χ3n) is 5.01. The molecule has 10 heteroatoms. The van der Waals surface area contributed by atoms with Gasteiger partial charge in [-0.15, -0.1) is 0 Å². The normalized spacial score (nSPS) is 16.2. The fraction of sp³-hybridized carbons (Fsp3) is 0.318. The van der Waals surface area contributed by atoms with Gasteiger partial charge in [-0.25, -0.2) is 0 Å². The van der Waals surface area contributed by atoms with E-state index in [0.29, 0.717) is 11.8 Å². The maximum Gasteiger partial charge on any atom is 0.416 e. The van der Waals surface area contributed by atoms with Gasteiger partial charge in [-0.1, -0.05) is 29.3 Å². The van der Waals surface area contributed by atoms with E-state index < -0.39 is 36.1 Å². The van der Waals surface area contributed by atoms with Crippen molar-refractivity contribution in [2.75, 3.05) is 23.4 Å². The van der Waals surface area contributed by atoms with Gasteiger partial charge in [0.05, 0.1) is 22.2 Å². The average molecular weight is 469 g/mol. The predicted octanol–water partition coefficient (Wildman–Crippen LogP) is 4.51. The van der Waals surface area contributed by atoms with Crippen molar-refractivity contribution in [2.24, 2.45) is 5.92 Å². The molecule has 0 radical (unpaired) electrons. The van der Waals surface area contributed by atoms with Crippen LogP contribution < -0.4 is 10.2 Å². The summed E-state index contributed by atoms with van der Waals surface area (Å²) >= 11 is 5.84. The minimum atomic E-state index is -4.60. The number of alkyl halides is 3. The highest BCUT2D eigenvalue weighted by molar-refractivity contribution is 6.33. The van der Waals surface area contributed by atoms with Gasteiger partial charge in [-0.3, -0.25) is 14.4 Å². The van der Waals surface area contributed by atoms with Crippen molar-refractivity contribution in [1.29, 1.82) is 0 Å². The van der Waals surface area contributed by atoms with Gasteiger partial charge in [0.1, 0.15) is 0 Å². The molecule has 2 aromatic carbocycles. The maximum atomic E-state index is 12.8. The first kappa shape index (κ1) is 23.6. The first-order chi connectivity index (χ1) is 15.0. The SMILES string of the molecule is Cc1ccc(N2C[C@@H](C(=O)OCC(=O)Nc3cc(C(F)(F)F)ccc3Cl)CC2=O)c(C)c1. The van der Waals surface area contributed by atoms with Crippen molar-refractivity contribution in [2.45, 2.75) is 26.4 Å². The predicted molar refractivity (Wildman–Crippen MR) is 112 cm³/mol. The molecule has 0 unspecified atom stereocenters. The van der Waals surface area contributed by atoms with Crippen LogP contribution >= 0.6 is 11.6 Å². The lowest BCUT2D eigenvalue weighted by molar-refractivity contribution is -0.151. The first-order valence-electron chi connectivity index (χ1n) is 9.66. The number of carbonyl (C=O) groups is 3. The summed E-state index contributed by atoms with van der Waals surface area (Å²) in [7, 11) is 0. The Morgan fingerprint density at radius 1 is 1.19 bits per heavy atom. The summed E-state index contributed by atoms with van der Waals surface area (Å²) in [6.45, 7) is 3.19. The Morgan fingerprint density at radius 2 is 1.91 bits per heavy atom. The standard InChI is InChI=1S/C22H20ClF3N2O4/c1-12-3-6-18(13(2)7-12)28-10-14(8-20(28)30)21(31)32-11-19(29)27-17-9-15(22(24,25)26)4-5-16(17)23/h3-7,9,14H,8,10-11H2,1-2H3,(H,27,29)/t14-/m0/s1. The zero-order chi connectivity index (χ0) is 23.6. The number of esters is 1. The number of carbonyl (C=O) groups excluding carboxylic acids is 3. The Bertz CT molecular complexity index is 1070. The van der Waals surface area contributed by atoms with Crippen LogP contribution in [0.2, 0.25) is 5.02 Å². The number of ether oxygens (including phenoxy) is 1. The fourth-order valence-corrected chi connectivity index (χ4v) is 3.61. The Kier molecular flexibility index (Phi) is 6.78. The molecule has 170 valence electrons. The lowest BCUT2D eigenvalue weighted by Gasteiger charge is -2.19. The van der Waals surface area contributed by atoms with Crippen LogP contribution in [-0.4, -0.2) is 30.9 Å². The lowest BCUT2D eigenvalue weighted by Crippen LogP contribution is -2.28. The molecule has 0 aromatic heterocycles. The minimum absolute atomic E-state index is 0.0623. The number of amides is 2. The smallest absolute Gasteiger partial charge is 0.416 e. The number of nitrogens with zero attached hydrogens (tertiary/aromatic N) is 1. The van der Waals surface area contributed by atoms with Crippen LogP contribution in [0.1, 0.15) is 23.1 Å². The molecule has 1 atom stereocenters. The molecule has 6 nitrogen and oxygen atoms in total. The molecule has 1 aliphatic heterocycles. The van der Waals surface area contributed by atoms with Gasteiger partial charge in [-0.2, -0.15) is 13.2 Å². The third kappa shape index (κ3) is 5.40. The summed E-state index contributed by atoms with van der Waals surface area (Å²) < 4.78 is 43.5. The van der Waals surface area contributed by atoms with Crippen LogP contribution in [0.25, 0.3) is 0 Å². The van der Waals surface area contributed by atoms with Crippen molar-refractivity contribution in [1.82, 2.24) is 0 Å². The molecule has 32 heavy (non-hydrogen) atoms. The van der Waals surface area contributed by atoms with E-state index in [-0.39, 0.29) is 29.6 Å². The second-order valence-electron chi connectivity index (χ2n) is 7.54. The Balaban J connectivity index is 1.58. The summed E-state index contributed by atoms with van der Waals surface area (Å²) in [5.41, 5.74) is 1.41. The topological polar surface area (TPSA) is 75.7 Å². The summed E-state index contributed by atoms with van der Waals surface area (Å²) in [5, 5.41) is 2.11. The number of anilines is 2. The molecule has 1 heterocycles. The van der Waals surface area contributed by atoms with Gasteiger partial charge >= 0.3 is 12.1 Å². The number of hydrogen-bond donors (Lipinski definition) is 1. The molecule has 2 aromatic rings. The summed E-state index contributed by atoms with van der Waals surface area (Å²) in [4.78, 5) is 38.3. The van der Waals surface area contributed by atoms with E-state index in [4.69, 9.17) is 16.3 Å². The molecule has 2 amide bonds. The summed E-state index contributed by atoms with van der Waals surface area (Å²) in [6, 6.07) is 8.10. The zero-order valence-corrected chi connectivity index (χ0v) is 18.0. The van der Waals surface area contributed by atoms with Crippen molar-refractivity contribution >= 4 is 40.8 Å². The van der Waals surface area contributed by atoms with Gasteiger partial charge in [0.15, 0.2) is 6.61 Å². The highest BCUT2D eigenvalue weighted by Crippen LogP contribution is 2.34. The van der Waals surface area contributed by atoms with Crippen LogP contribution in [0.15, 0.2) is 36.4 Å². The number of nitrogens with one attached hydrogen (secondary N) is 1. The van der Waals surface area contributed by atoms with Crippen LogP contribution in [0.5, 0.6) is 0 Å². The third-order valence-corrected chi connectivity index (χ3v) is 5.34. The van der Waals surface area contributed by atoms with Crippen LogP contribution in [-0.2, 0) is 25.3 Å². The Morgan fingerprint density at radius 3 is 2.56 bits per heavy atom. The molecular formula is C22H20ClF3N2O4. The first-order valence-corrected chi connectivity index (χ1v) is 10.0. The van der Waals surface area contributed by atoms with E-state index in [1.807, 2.05) is 32.0 Å². The van der Waals surface area contributed by atoms with Crippen LogP contribution in [0.3, 0.4) is 0 Å². The van der Waals surface area contributed by atoms with Gasteiger partial charge in [0, 0.05) is 18.7 Å². The Hall–Kier alpha value is -3.07. The lowest BCUT2D eigenvalue weighted by atomic mass is 10.1. The molecule has 0 spiro atoms. The molecule has 0 bridgehead atoms. The van der Waals surface area contributed by atoms with E-state index in [1.54, 1.807) is 0 Å². The van der Waals surface area contributed by atoms with Gasteiger partial charge in [0.2, 0.25) is 5.91 Å². The van der Waals surface area contributed by atoms with Crippen molar-refractivity contribution in [3.8, 4) is 0 Å². The summed E-state index contributed by atoms with van der Waals surface area (Å²) in [5.74, 6) is -2.58. The molecule has 1 fully saturated rings. The minimum Gasteiger partial charge on any atom is -0.455 e. The van der Waals surface area contributed by atoms with E-state index in [1.165, 1.54) is 4.90 Å². The number of rotatable bonds is 5.